The van der Waals surface area contributed by atoms with Crippen LogP contribution >= 0.6 is 0 Å². The molecule has 0 aromatic heterocycles. The fourth-order valence-corrected chi connectivity index (χ4v) is 4.82. The molecule has 0 fully saturated rings. The number of methoxy groups -OCH3 is 4. The first-order valence-electron chi connectivity index (χ1n) is 7.79. The Morgan fingerprint density at radius 3 is 1.75 bits per heavy atom. The van der Waals surface area contributed by atoms with Gasteiger partial charge in [0.2, 0.25) is 0 Å². The van der Waals surface area contributed by atoms with Gasteiger partial charge in [0.1, 0.15) is 28.7 Å². The Bertz CT molecular complexity index is 1050. The highest BCUT2D eigenvalue weighted by atomic mass is 32.2. The lowest BCUT2D eigenvalue weighted by Gasteiger charge is -2.18. The van der Waals surface area contributed by atoms with Crippen molar-refractivity contribution in [3.05, 3.63) is 30.3 Å². The van der Waals surface area contributed by atoms with Gasteiger partial charge in [-0.2, -0.15) is 0 Å². The number of sulfone groups is 1. The number of hydrogen-bond acceptors (Lipinski definition) is 8. The Labute approximate surface area is 164 Å². The largest absolute Gasteiger partial charge is 0.496 e. The lowest BCUT2D eigenvalue weighted by atomic mass is 10.3. The maximum Gasteiger partial charge on any atom is 0.269 e. The van der Waals surface area contributed by atoms with Crippen LogP contribution < -0.4 is 23.7 Å². The predicted molar refractivity (Wildman–Crippen MR) is 103 cm³/mol. The van der Waals surface area contributed by atoms with Gasteiger partial charge in [0.25, 0.3) is 10.0 Å². The van der Waals surface area contributed by atoms with E-state index in [1.807, 2.05) is 0 Å². The Hall–Kier alpha value is -2.66. The predicted octanol–water partition coefficient (Wildman–Crippen LogP) is 1.93. The van der Waals surface area contributed by atoms with Gasteiger partial charge in [-0.05, 0) is 12.1 Å². The van der Waals surface area contributed by atoms with Crippen LogP contribution in [0.1, 0.15) is 0 Å². The number of anilines is 1. The van der Waals surface area contributed by atoms with Crippen molar-refractivity contribution in [3.8, 4) is 23.0 Å². The van der Waals surface area contributed by atoms with Gasteiger partial charge >= 0.3 is 0 Å². The van der Waals surface area contributed by atoms with E-state index in [1.54, 1.807) is 0 Å². The first-order chi connectivity index (χ1) is 13.1. The van der Waals surface area contributed by atoms with Crippen LogP contribution in [0.2, 0.25) is 0 Å². The molecule has 0 aliphatic heterocycles. The van der Waals surface area contributed by atoms with Crippen LogP contribution in [0.3, 0.4) is 0 Å². The summed E-state index contributed by atoms with van der Waals surface area (Å²) in [5, 5.41) is 0. The SMILES string of the molecule is COc1cc(OC)c(S(=O)(=O)Nc2c(OC)cccc2S(C)(=O)=O)c(OC)c1. The maximum atomic E-state index is 13.1. The summed E-state index contributed by atoms with van der Waals surface area (Å²) in [5.41, 5.74) is -0.215. The van der Waals surface area contributed by atoms with Crippen molar-refractivity contribution in [2.45, 2.75) is 9.79 Å². The topological polar surface area (TPSA) is 117 Å². The van der Waals surface area contributed by atoms with E-state index in [9.17, 15) is 16.8 Å². The number of ether oxygens (including phenoxy) is 4. The van der Waals surface area contributed by atoms with Crippen LogP contribution in [0.4, 0.5) is 5.69 Å². The summed E-state index contributed by atoms with van der Waals surface area (Å²) in [6, 6.07) is 6.91. The highest BCUT2D eigenvalue weighted by Gasteiger charge is 2.29. The fraction of sp³-hybridized carbons (Fsp3) is 0.294. The molecule has 0 spiro atoms. The van der Waals surface area contributed by atoms with Crippen LogP contribution in [0.15, 0.2) is 40.1 Å². The second-order valence-electron chi connectivity index (χ2n) is 5.57. The van der Waals surface area contributed by atoms with E-state index in [1.165, 1.54) is 58.8 Å². The second-order valence-corrected chi connectivity index (χ2v) is 9.18. The molecule has 154 valence electrons. The summed E-state index contributed by atoms with van der Waals surface area (Å²) in [6.45, 7) is 0. The summed E-state index contributed by atoms with van der Waals surface area (Å²) in [5.74, 6) is 0.277. The summed E-state index contributed by atoms with van der Waals surface area (Å²) in [6.07, 6.45) is 0.966. The minimum atomic E-state index is -4.34. The number of para-hydroxylation sites is 1. The smallest absolute Gasteiger partial charge is 0.269 e. The number of benzene rings is 2. The van der Waals surface area contributed by atoms with Gasteiger partial charge < -0.3 is 18.9 Å². The van der Waals surface area contributed by atoms with E-state index in [0.717, 1.165) is 6.26 Å². The quantitative estimate of drug-likeness (QED) is 0.674. The van der Waals surface area contributed by atoms with Crippen molar-refractivity contribution >= 4 is 25.5 Å². The van der Waals surface area contributed by atoms with E-state index in [2.05, 4.69) is 4.72 Å². The lowest BCUT2D eigenvalue weighted by molar-refractivity contribution is 0.359. The van der Waals surface area contributed by atoms with Crippen molar-refractivity contribution in [1.29, 1.82) is 0 Å². The van der Waals surface area contributed by atoms with Gasteiger partial charge in [0.15, 0.2) is 14.7 Å². The van der Waals surface area contributed by atoms with Gasteiger partial charge in [-0.25, -0.2) is 16.8 Å². The van der Waals surface area contributed by atoms with Crippen molar-refractivity contribution < 1.29 is 35.8 Å². The van der Waals surface area contributed by atoms with E-state index >= 15 is 0 Å². The van der Waals surface area contributed by atoms with Crippen molar-refractivity contribution in [3.63, 3.8) is 0 Å². The Morgan fingerprint density at radius 2 is 1.32 bits per heavy atom. The molecule has 0 aliphatic carbocycles. The van der Waals surface area contributed by atoms with Crippen LogP contribution in [-0.4, -0.2) is 51.5 Å². The Balaban J connectivity index is 2.73. The standard InChI is InChI=1S/C17H21NO8S2/c1-23-11-9-13(25-3)17(14(10-11)26-4)28(21,22)18-16-12(24-2)7-6-8-15(16)27(5,19)20/h6-10,18H,1-5H3. The molecule has 0 saturated carbocycles. The molecule has 0 radical (unpaired) electrons. The van der Waals surface area contributed by atoms with Gasteiger partial charge in [-0.1, -0.05) is 6.07 Å². The molecule has 28 heavy (non-hydrogen) atoms. The van der Waals surface area contributed by atoms with Crippen molar-refractivity contribution in [2.75, 3.05) is 39.4 Å². The van der Waals surface area contributed by atoms with Crippen molar-refractivity contribution in [2.24, 2.45) is 0 Å². The van der Waals surface area contributed by atoms with Gasteiger partial charge in [0, 0.05) is 18.4 Å². The third-order valence-corrected chi connectivity index (χ3v) is 6.33. The average molecular weight is 431 g/mol. The zero-order valence-electron chi connectivity index (χ0n) is 16.0. The molecule has 0 saturated heterocycles. The summed E-state index contributed by atoms with van der Waals surface area (Å²) in [4.78, 5) is -0.550. The molecule has 11 heteroatoms. The minimum absolute atomic E-state index is 0.0398. The molecule has 1 N–H and O–H groups in total. The first kappa shape index (κ1) is 21.6. The molecule has 2 aromatic rings. The fourth-order valence-electron chi connectivity index (χ4n) is 2.51. The number of sulfonamides is 1. The maximum absolute atomic E-state index is 13.1. The molecule has 0 unspecified atom stereocenters. The summed E-state index contributed by atoms with van der Waals surface area (Å²) in [7, 11) is -2.80. The normalized spacial score (nSPS) is 11.6. The van der Waals surface area contributed by atoms with Crippen LogP contribution in [0.5, 0.6) is 23.0 Å². The van der Waals surface area contributed by atoms with E-state index in [-0.39, 0.29) is 32.7 Å². The van der Waals surface area contributed by atoms with Gasteiger partial charge in [-0.15, -0.1) is 0 Å². The molecule has 0 atom stereocenters. The number of nitrogens with one attached hydrogen (secondary N) is 1. The third-order valence-electron chi connectivity index (χ3n) is 3.78. The van der Waals surface area contributed by atoms with Crippen LogP contribution in [0, 0.1) is 0 Å². The molecule has 0 bridgehead atoms. The highest BCUT2D eigenvalue weighted by molar-refractivity contribution is 7.93. The van der Waals surface area contributed by atoms with Gasteiger partial charge in [-0.3, -0.25) is 4.72 Å². The summed E-state index contributed by atoms with van der Waals surface area (Å²) < 4.78 is 73.4. The van der Waals surface area contributed by atoms with E-state index in [0.29, 0.717) is 5.75 Å². The highest BCUT2D eigenvalue weighted by Crippen LogP contribution is 2.40. The Morgan fingerprint density at radius 1 is 0.786 bits per heavy atom. The van der Waals surface area contributed by atoms with E-state index in [4.69, 9.17) is 18.9 Å². The van der Waals surface area contributed by atoms with E-state index < -0.39 is 19.9 Å². The Kier molecular flexibility index (Phi) is 6.30. The average Bonchev–Trinajstić information content (AvgIpc) is 2.65. The lowest BCUT2D eigenvalue weighted by Crippen LogP contribution is -2.18. The molecular weight excluding hydrogens is 410 g/mol. The molecule has 9 nitrogen and oxygen atoms in total. The van der Waals surface area contributed by atoms with Crippen LogP contribution in [-0.2, 0) is 19.9 Å². The molecular formula is C17H21NO8S2. The van der Waals surface area contributed by atoms with Crippen molar-refractivity contribution in [1.82, 2.24) is 0 Å². The van der Waals surface area contributed by atoms with Crippen LogP contribution in [0.25, 0.3) is 0 Å². The zero-order chi connectivity index (χ0) is 21.1. The minimum Gasteiger partial charge on any atom is -0.496 e. The van der Waals surface area contributed by atoms with Gasteiger partial charge in [0.05, 0.1) is 33.3 Å². The first-order valence-corrected chi connectivity index (χ1v) is 11.2. The number of hydrogen-bond donors (Lipinski definition) is 1. The zero-order valence-corrected chi connectivity index (χ0v) is 17.6. The monoisotopic (exact) mass is 431 g/mol. The molecule has 2 aromatic carbocycles. The second kappa shape index (κ2) is 8.15. The summed E-state index contributed by atoms with van der Waals surface area (Å²) >= 11 is 0. The molecule has 2 rings (SSSR count). The molecule has 0 heterocycles. The molecule has 0 amide bonds. The molecule has 0 aliphatic rings. The number of rotatable bonds is 8. The third kappa shape index (κ3) is 4.25.